The number of benzene rings is 1. The second-order valence-electron chi connectivity index (χ2n) is 4.92. The summed E-state index contributed by atoms with van der Waals surface area (Å²) in [6.45, 7) is 1.61. The topological polar surface area (TPSA) is 45.8 Å². The SMILES string of the molecule is CC1=NN(c2cccc(C(F)(F)F)c2)C(=O)/C1=C/c1ccco1. The Kier molecular flexibility index (Phi) is 3.55. The molecule has 1 aliphatic heterocycles. The van der Waals surface area contributed by atoms with E-state index in [4.69, 9.17) is 4.42 Å². The average Bonchev–Trinajstić information content (AvgIpc) is 3.10. The number of alkyl halides is 3. The summed E-state index contributed by atoms with van der Waals surface area (Å²) < 4.78 is 43.5. The quantitative estimate of drug-likeness (QED) is 0.782. The van der Waals surface area contributed by atoms with Gasteiger partial charge in [-0.25, -0.2) is 0 Å². The van der Waals surface area contributed by atoms with E-state index in [1.165, 1.54) is 24.5 Å². The second-order valence-corrected chi connectivity index (χ2v) is 4.92. The summed E-state index contributed by atoms with van der Waals surface area (Å²) in [5.74, 6) is -0.0352. The lowest BCUT2D eigenvalue weighted by molar-refractivity contribution is -0.137. The van der Waals surface area contributed by atoms with Gasteiger partial charge in [0.05, 0.1) is 28.8 Å². The molecule has 0 saturated heterocycles. The molecule has 1 amide bonds. The summed E-state index contributed by atoms with van der Waals surface area (Å²) in [7, 11) is 0. The largest absolute Gasteiger partial charge is 0.465 e. The molecule has 0 aliphatic carbocycles. The molecule has 0 radical (unpaired) electrons. The molecule has 4 nitrogen and oxygen atoms in total. The normalized spacial score (nSPS) is 17.0. The zero-order valence-electron chi connectivity index (χ0n) is 12.0. The zero-order valence-corrected chi connectivity index (χ0v) is 12.0. The minimum absolute atomic E-state index is 0.0621. The first-order valence-corrected chi connectivity index (χ1v) is 6.69. The van der Waals surface area contributed by atoms with Gasteiger partial charge in [-0.3, -0.25) is 4.79 Å². The first kappa shape index (κ1) is 15.1. The number of hydrogen-bond acceptors (Lipinski definition) is 3. The van der Waals surface area contributed by atoms with E-state index in [-0.39, 0.29) is 11.3 Å². The smallest absolute Gasteiger partial charge is 0.416 e. The molecular weight excluding hydrogens is 309 g/mol. The Hall–Kier alpha value is -2.83. The van der Waals surface area contributed by atoms with Crippen LogP contribution in [0, 0.1) is 0 Å². The van der Waals surface area contributed by atoms with E-state index in [0.29, 0.717) is 11.5 Å². The molecule has 0 spiro atoms. The Labute approximate surface area is 129 Å². The Morgan fingerprint density at radius 2 is 2.00 bits per heavy atom. The van der Waals surface area contributed by atoms with Crippen LogP contribution in [-0.2, 0) is 11.0 Å². The number of hydrogen-bond donors (Lipinski definition) is 0. The van der Waals surface area contributed by atoms with Gasteiger partial charge in [-0.15, -0.1) is 0 Å². The lowest BCUT2D eigenvalue weighted by Crippen LogP contribution is -2.21. The molecule has 0 saturated carbocycles. The van der Waals surface area contributed by atoms with Crippen molar-refractivity contribution < 1.29 is 22.4 Å². The first-order chi connectivity index (χ1) is 10.9. The Morgan fingerprint density at radius 3 is 2.65 bits per heavy atom. The molecule has 0 bridgehead atoms. The number of rotatable bonds is 2. The minimum atomic E-state index is -4.48. The molecule has 118 valence electrons. The molecule has 0 fully saturated rings. The van der Waals surface area contributed by atoms with Crippen LogP contribution in [0.5, 0.6) is 0 Å². The highest BCUT2D eigenvalue weighted by molar-refractivity contribution is 6.32. The van der Waals surface area contributed by atoms with E-state index in [1.807, 2.05) is 0 Å². The lowest BCUT2D eigenvalue weighted by Gasteiger charge is -2.14. The van der Waals surface area contributed by atoms with Gasteiger partial charge in [0, 0.05) is 0 Å². The van der Waals surface area contributed by atoms with Crippen molar-refractivity contribution in [1.82, 2.24) is 0 Å². The standard InChI is InChI=1S/C16H11F3N2O2/c1-10-14(9-13-6-3-7-23-13)15(22)21(20-10)12-5-2-4-11(8-12)16(17,18)19/h2-9H,1H3/b14-9+. The van der Waals surface area contributed by atoms with Gasteiger partial charge >= 0.3 is 6.18 Å². The fourth-order valence-electron chi connectivity index (χ4n) is 2.19. The minimum Gasteiger partial charge on any atom is -0.465 e. The third kappa shape index (κ3) is 2.90. The van der Waals surface area contributed by atoms with Crippen LogP contribution in [-0.4, -0.2) is 11.6 Å². The number of hydrazone groups is 1. The number of anilines is 1. The first-order valence-electron chi connectivity index (χ1n) is 6.69. The van der Waals surface area contributed by atoms with Crippen LogP contribution in [0.2, 0.25) is 0 Å². The van der Waals surface area contributed by atoms with Crippen molar-refractivity contribution in [2.24, 2.45) is 5.10 Å². The second kappa shape index (κ2) is 5.42. The van der Waals surface area contributed by atoms with Gasteiger partial charge in [0.15, 0.2) is 0 Å². The zero-order chi connectivity index (χ0) is 16.6. The summed E-state index contributed by atoms with van der Waals surface area (Å²) in [5, 5.41) is 5.01. The third-order valence-corrected chi connectivity index (χ3v) is 3.31. The molecule has 7 heteroatoms. The molecule has 3 rings (SSSR count). The average molecular weight is 320 g/mol. The Morgan fingerprint density at radius 1 is 1.22 bits per heavy atom. The van der Waals surface area contributed by atoms with Crippen LogP contribution in [0.4, 0.5) is 18.9 Å². The monoisotopic (exact) mass is 320 g/mol. The predicted octanol–water partition coefficient (Wildman–Crippen LogP) is 4.10. The van der Waals surface area contributed by atoms with Gasteiger partial charge in [-0.2, -0.15) is 23.3 Å². The van der Waals surface area contributed by atoms with E-state index >= 15 is 0 Å². The predicted molar refractivity (Wildman–Crippen MR) is 78.7 cm³/mol. The van der Waals surface area contributed by atoms with E-state index in [9.17, 15) is 18.0 Å². The molecule has 2 heterocycles. The molecule has 1 aromatic carbocycles. The molecule has 0 atom stereocenters. The van der Waals surface area contributed by atoms with Crippen LogP contribution in [0.3, 0.4) is 0 Å². The summed E-state index contributed by atoms with van der Waals surface area (Å²) in [6.07, 6.45) is -1.51. The van der Waals surface area contributed by atoms with Gasteiger partial charge in [-0.1, -0.05) is 6.07 Å². The highest BCUT2D eigenvalue weighted by atomic mass is 19.4. The van der Waals surface area contributed by atoms with Crippen LogP contribution >= 0.6 is 0 Å². The fraction of sp³-hybridized carbons (Fsp3) is 0.125. The number of carbonyl (C=O) groups excluding carboxylic acids is 1. The van der Waals surface area contributed by atoms with Gasteiger partial charge in [0.25, 0.3) is 5.91 Å². The van der Waals surface area contributed by atoms with Crippen molar-refractivity contribution in [3.63, 3.8) is 0 Å². The van der Waals surface area contributed by atoms with Gasteiger partial charge < -0.3 is 4.42 Å². The molecule has 23 heavy (non-hydrogen) atoms. The van der Waals surface area contributed by atoms with E-state index in [2.05, 4.69) is 5.10 Å². The molecule has 0 N–H and O–H groups in total. The van der Waals surface area contributed by atoms with Crippen molar-refractivity contribution in [2.75, 3.05) is 5.01 Å². The summed E-state index contributed by atoms with van der Waals surface area (Å²) >= 11 is 0. The van der Waals surface area contributed by atoms with Crippen LogP contribution in [0.25, 0.3) is 6.08 Å². The van der Waals surface area contributed by atoms with Crippen molar-refractivity contribution in [3.05, 3.63) is 59.6 Å². The van der Waals surface area contributed by atoms with Crippen LogP contribution in [0.15, 0.2) is 57.8 Å². The maximum absolute atomic E-state index is 12.8. The number of furan rings is 1. The maximum Gasteiger partial charge on any atom is 0.416 e. The number of carbonyl (C=O) groups is 1. The fourth-order valence-corrected chi connectivity index (χ4v) is 2.19. The van der Waals surface area contributed by atoms with Gasteiger partial charge in [0.2, 0.25) is 0 Å². The maximum atomic E-state index is 12.8. The molecule has 0 unspecified atom stereocenters. The number of nitrogens with zero attached hydrogens (tertiary/aromatic N) is 2. The highest BCUT2D eigenvalue weighted by Crippen LogP contribution is 2.33. The number of amides is 1. The highest BCUT2D eigenvalue weighted by Gasteiger charge is 2.33. The Balaban J connectivity index is 1.96. The van der Waals surface area contributed by atoms with Crippen molar-refractivity contribution in [1.29, 1.82) is 0 Å². The summed E-state index contributed by atoms with van der Waals surface area (Å²) in [5.41, 5.74) is -0.0905. The van der Waals surface area contributed by atoms with Crippen molar-refractivity contribution in [2.45, 2.75) is 13.1 Å². The Bertz CT molecular complexity index is 805. The van der Waals surface area contributed by atoms with E-state index in [0.717, 1.165) is 17.1 Å². The van der Waals surface area contributed by atoms with Crippen LogP contribution < -0.4 is 5.01 Å². The van der Waals surface area contributed by atoms with E-state index < -0.39 is 17.6 Å². The van der Waals surface area contributed by atoms with Crippen molar-refractivity contribution in [3.8, 4) is 0 Å². The number of halogens is 3. The van der Waals surface area contributed by atoms with Crippen molar-refractivity contribution >= 4 is 23.4 Å². The van der Waals surface area contributed by atoms with Gasteiger partial charge in [-0.05, 0) is 43.3 Å². The molecule has 1 aliphatic rings. The summed E-state index contributed by atoms with van der Waals surface area (Å²) in [6, 6.07) is 7.82. The van der Waals surface area contributed by atoms with Gasteiger partial charge in [0.1, 0.15) is 5.76 Å². The molecular formula is C16H11F3N2O2. The molecule has 1 aromatic heterocycles. The molecule has 2 aromatic rings. The summed E-state index contributed by atoms with van der Waals surface area (Å²) in [4.78, 5) is 12.4. The lowest BCUT2D eigenvalue weighted by atomic mass is 10.1. The third-order valence-electron chi connectivity index (χ3n) is 3.31. The van der Waals surface area contributed by atoms with Crippen LogP contribution in [0.1, 0.15) is 18.2 Å². The van der Waals surface area contributed by atoms with E-state index in [1.54, 1.807) is 19.1 Å².